The third-order valence-electron chi connectivity index (χ3n) is 4.53. The lowest BCUT2D eigenvalue weighted by atomic mass is 9.84. The number of nitrogens with zero attached hydrogens (tertiary/aromatic N) is 2. The SMILES string of the molecule is CN1CCN(C(=O)C2CCCC(N)C2)C(C)(C)C1=O.Cl. The Morgan fingerprint density at radius 3 is 2.55 bits per heavy atom. The van der Waals surface area contributed by atoms with Crippen LogP contribution in [-0.4, -0.2) is 53.3 Å². The van der Waals surface area contributed by atoms with Gasteiger partial charge in [0.05, 0.1) is 0 Å². The highest BCUT2D eigenvalue weighted by Gasteiger charge is 2.44. The second-order valence-corrected chi connectivity index (χ2v) is 6.40. The monoisotopic (exact) mass is 303 g/mol. The van der Waals surface area contributed by atoms with Crippen molar-refractivity contribution in [2.24, 2.45) is 11.7 Å². The van der Waals surface area contributed by atoms with Crippen molar-refractivity contribution in [3.8, 4) is 0 Å². The lowest BCUT2D eigenvalue weighted by Gasteiger charge is -2.46. The molecule has 2 N–H and O–H groups in total. The van der Waals surface area contributed by atoms with Crippen LogP contribution in [0.25, 0.3) is 0 Å². The van der Waals surface area contributed by atoms with Gasteiger partial charge >= 0.3 is 0 Å². The van der Waals surface area contributed by atoms with Gasteiger partial charge in [0.2, 0.25) is 11.8 Å². The normalized spacial score (nSPS) is 29.9. The lowest BCUT2D eigenvalue weighted by Crippen LogP contribution is -2.64. The van der Waals surface area contributed by atoms with E-state index in [1.807, 2.05) is 13.8 Å². The molecule has 1 aliphatic carbocycles. The van der Waals surface area contributed by atoms with Gasteiger partial charge in [-0.2, -0.15) is 0 Å². The van der Waals surface area contributed by atoms with E-state index in [1.165, 1.54) is 0 Å². The number of amides is 2. The van der Waals surface area contributed by atoms with E-state index in [2.05, 4.69) is 0 Å². The third kappa shape index (κ3) is 3.09. The number of likely N-dealkylation sites (N-methyl/N-ethyl adjacent to an activating group) is 1. The van der Waals surface area contributed by atoms with E-state index in [4.69, 9.17) is 5.73 Å². The molecule has 5 nitrogen and oxygen atoms in total. The molecule has 1 saturated carbocycles. The van der Waals surface area contributed by atoms with Gasteiger partial charge in [-0.15, -0.1) is 12.4 Å². The zero-order valence-corrected chi connectivity index (χ0v) is 13.4. The number of rotatable bonds is 1. The van der Waals surface area contributed by atoms with Crippen molar-refractivity contribution in [1.82, 2.24) is 9.80 Å². The van der Waals surface area contributed by atoms with Crippen LogP contribution in [-0.2, 0) is 9.59 Å². The van der Waals surface area contributed by atoms with Crippen LogP contribution >= 0.6 is 12.4 Å². The molecule has 0 aromatic carbocycles. The highest BCUT2D eigenvalue weighted by atomic mass is 35.5. The second-order valence-electron chi connectivity index (χ2n) is 6.40. The largest absolute Gasteiger partial charge is 0.342 e. The number of carbonyl (C=O) groups is 2. The summed E-state index contributed by atoms with van der Waals surface area (Å²) in [6.07, 6.45) is 3.69. The summed E-state index contributed by atoms with van der Waals surface area (Å²) in [7, 11) is 1.79. The Hall–Kier alpha value is -0.810. The van der Waals surface area contributed by atoms with Gasteiger partial charge in [-0.25, -0.2) is 0 Å². The van der Waals surface area contributed by atoms with Gasteiger partial charge in [0, 0.05) is 32.1 Å². The van der Waals surface area contributed by atoms with E-state index in [0.29, 0.717) is 13.1 Å². The Morgan fingerprint density at radius 1 is 1.30 bits per heavy atom. The Kier molecular flexibility index (Phi) is 5.44. The van der Waals surface area contributed by atoms with E-state index in [0.717, 1.165) is 25.7 Å². The summed E-state index contributed by atoms with van der Waals surface area (Å²) < 4.78 is 0. The smallest absolute Gasteiger partial charge is 0.247 e. The predicted octanol–water partition coefficient (Wildman–Crippen LogP) is 1.00. The van der Waals surface area contributed by atoms with Crippen molar-refractivity contribution >= 4 is 24.2 Å². The van der Waals surface area contributed by atoms with Crippen LogP contribution < -0.4 is 5.73 Å². The third-order valence-corrected chi connectivity index (χ3v) is 4.53. The molecule has 20 heavy (non-hydrogen) atoms. The zero-order valence-electron chi connectivity index (χ0n) is 12.6. The van der Waals surface area contributed by atoms with Crippen molar-refractivity contribution in [3.05, 3.63) is 0 Å². The molecule has 2 rings (SSSR count). The molecule has 2 unspecified atom stereocenters. The topological polar surface area (TPSA) is 66.6 Å². The molecule has 2 fully saturated rings. The van der Waals surface area contributed by atoms with E-state index >= 15 is 0 Å². The molecule has 0 radical (unpaired) electrons. The number of piperazine rings is 1. The molecule has 2 aliphatic rings. The Labute approximate surface area is 127 Å². The number of hydrogen-bond donors (Lipinski definition) is 1. The van der Waals surface area contributed by atoms with Gasteiger partial charge in [-0.05, 0) is 33.1 Å². The maximum atomic E-state index is 12.7. The summed E-state index contributed by atoms with van der Waals surface area (Å²) >= 11 is 0. The Bertz CT molecular complexity index is 387. The van der Waals surface area contributed by atoms with E-state index in [9.17, 15) is 9.59 Å². The molecule has 1 saturated heterocycles. The highest BCUT2D eigenvalue weighted by molar-refractivity contribution is 5.92. The molecule has 0 aromatic rings. The molecular formula is C14H26ClN3O2. The van der Waals surface area contributed by atoms with Crippen molar-refractivity contribution in [3.63, 3.8) is 0 Å². The van der Waals surface area contributed by atoms with Gasteiger partial charge < -0.3 is 15.5 Å². The van der Waals surface area contributed by atoms with E-state index in [1.54, 1.807) is 16.8 Å². The van der Waals surface area contributed by atoms with Crippen LogP contribution in [0.4, 0.5) is 0 Å². The maximum absolute atomic E-state index is 12.7. The summed E-state index contributed by atoms with van der Waals surface area (Å²) in [4.78, 5) is 28.3. The Balaban J connectivity index is 0.00000200. The van der Waals surface area contributed by atoms with Gasteiger partial charge in [0.1, 0.15) is 5.54 Å². The fraction of sp³-hybridized carbons (Fsp3) is 0.857. The molecule has 6 heteroatoms. The maximum Gasteiger partial charge on any atom is 0.247 e. The molecule has 0 spiro atoms. The molecule has 0 aromatic heterocycles. The van der Waals surface area contributed by atoms with Crippen LogP contribution in [0.5, 0.6) is 0 Å². The summed E-state index contributed by atoms with van der Waals surface area (Å²) in [6.45, 7) is 4.92. The minimum absolute atomic E-state index is 0. The van der Waals surface area contributed by atoms with Crippen molar-refractivity contribution in [2.75, 3.05) is 20.1 Å². The fourth-order valence-electron chi connectivity index (χ4n) is 3.27. The second kappa shape index (κ2) is 6.31. The van der Waals surface area contributed by atoms with Crippen molar-refractivity contribution in [1.29, 1.82) is 0 Å². The molecular weight excluding hydrogens is 278 g/mol. The van der Waals surface area contributed by atoms with Crippen molar-refractivity contribution < 1.29 is 9.59 Å². The minimum atomic E-state index is -0.731. The van der Waals surface area contributed by atoms with Crippen LogP contribution in [0.15, 0.2) is 0 Å². The Morgan fingerprint density at radius 2 is 1.95 bits per heavy atom. The first-order chi connectivity index (χ1) is 8.84. The quantitative estimate of drug-likeness (QED) is 0.786. The first-order valence-corrected chi connectivity index (χ1v) is 7.16. The van der Waals surface area contributed by atoms with Gasteiger partial charge in [0.25, 0.3) is 0 Å². The van der Waals surface area contributed by atoms with Gasteiger partial charge in [-0.1, -0.05) is 6.42 Å². The molecule has 2 amide bonds. The summed E-state index contributed by atoms with van der Waals surface area (Å²) in [5, 5.41) is 0. The number of halogens is 1. The van der Waals surface area contributed by atoms with Crippen LogP contribution in [0.2, 0.25) is 0 Å². The van der Waals surface area contributed by atoms with E-state index < -0.39 is 5.54 Å². The molecule has 116 valence electrons. The van der Waals surface area contributed by atoms with Gasteiger partial charge in [0.15, 0.2) is 0 Å². The zero-order chi connectivity index (χ0) is 14.2. The van der Waals surface area contributed by atoms with E-state index in [-0.39, 0.29) is 36.2 Å². The van der Waals surface area contributed by atoms with Crippen LogP contribution in [0, 0.1) is 5.92 Å². The van der Waals surface area contributed by atoms with Crippen LogP contribution in [0.1, 0.15) is 39.5 Å². The first kappa shape index (κ1) is 17.2. The summed E-state index contributed by atoms with van der Waals surface area (Å²) in [5.41, 5.74) is 5.23. The average molecular weight is 304 g/mol. The van der Waals surface area contributed by atoms with Gasteiger partial charge in [-0.3, -0.25) is 9.59 Å². The number of hydrogen-bond acceptors (Lipinski definition) is 3. The molecule has 0 bridgehead atoms. The van der Waals surface area contributed by atoms with Crippen molar-refractivity contribution in [2.45, 2.75) is 51.1 Å². The molecule has 1 heterocycles. The van der Waals surface area contributed by atoms with Crippen LogP contribution in [0.3, 0.4) is 0 Å². The number of nitrogens with two attached hydrogens (primary N) is 1. The first-order valence-electron chi connectivity index (χ1n) is 7.16. The average Bonchev–Trinajstić information content (AvgIpc) is 2.35. The number of carbonyl (C=O) groups excluding carboxylic acids is 2. The molecule has 2 atom stereocenters. The highest BCUT2D eigenvalue weighted by Crippen LogP contribution is 2.29. The molecule has 1 aliphatic heterocycles. The predicted molar refractivity (Wildman–Crippen MR) is 80.6 cm³/mol. The summed E-state index contributed by atoms with van der Waals surface area (Å²) in [6, 6.07) is 0.133. The fourth-order valence-corrected chi connectivity index (χ4v) is 3.27. The summed E-state index contributed by atoms with van der Waals surface area (Å²) in [5.74, 6) is 0.132. The minimum Gasteiger partial charge on any atom is -0.342 e. The lowest BCUT2D eigenvalue weighted by molar-refractivity contribution is -0.160. The standard InChI is InChI=1S/C14H25N3O2.ClH/c1-14(2)13(19)16(3)7-8-17(14)12(18)10-5-4-6-11(15)9-10;/h10-11H,4-9,15H2,1-3H3;1H.